The van der Waals surface area contributed by atoms with Crippen LogP contribution in [-0.2, 0) is 9.53 Å². The van der Waals surface area contributed by atoms with Gasteiger partial charge in [-0.25, -0.2) is 0 Å². The monoisotopic (exact) mass is 334 g/mol. The van der Waals surface area contributed by atoms with Gasteiger partial charge in [-0.3, -0.25) is 9.59 Å². The largest absolute Gasteiger partial charge is 0.494 e. The van der Waals surface area contributed by atoms with Gasteiger partial charge in [0.1, 0.15) is 5.75 Å². The molecule has 1 aromatic carbocycles. The van der Waals surface area contributed by atoms with Crippen molar-refractivity contribution in [2.45, 2.75) is 66.2 Å². The summed E-state index contributed by atoms with van der Waals surface area (Å²) < 4.78 is 10.8. The lowest BCUT2D eigenvalue weighted by Crippen LogP contribution is -2.11. The van der Waals surface area contributed by atoms with Gasteiger partial charge in [-0.2, -0.15) is 0 Å². The van der Waals surface area contributed by atoms with E-state index in [0.29, 0.717) is 18.8 Å². The molecule has 0 aliphatic rings. The minimum absolute atomic E-state index is 0.0233. The second-order valence-corrected chi connectivity index (χ2v) is 6.29. The molecule has 4 nitrogen and oxygen atoms in total. The third-order valence-corrected chi connectivity index (χ3v) is 3.90. The summed E-state index contributed by atoms with van der Waals surface area (Å²) in [7, 11) is 0. The maximum absolute atomic E-state index is 12.5. The van der Waals surface area contributed by atoms with Crippen LogP contribution in [0.3, 0.4) is 0 Å². The van der Waals surface area contributed by atoms with E-state index in [9.17, 15) is 9.59 Å². The predicted molar refractivity (Wildman–Crippen MR) is 95.9 cm³/mol. The molecule has 0 spiro atoms. The molecule has 4 heteroatoms. The fraction of sp³-hybridized carbons (Fsp3) is 0.600. The lowest BCUT2D eigenvalue weighted by atomic mass is 9.93. The number of Topliss-reactive ketones (excluding diaryl/α,β-unsaturated/α-hetero) is 1. The third kappa shape index (κ3) is 5.99. The number of ether oxygens (including phenoxy) is 2. The molecule has 0 aliphatic heterocycles. The Morgan fingerprint density at radius 2 is 1.83 bits per heavy atom. The summed E-state index contributed by atoms with van der Waals surface area (Å²) in [5.41, 5.74) is 2.58. The number of ketones is 1. The van der Waals surface area contributed by atoms with E-state index in [2.05, 4.69) is 13.8 Å². The Labute approximate surface area is 145 Å². The molecule has 0 atom stereocenters. The fourth-order valence-corrected chi connectivity index (χ4v) is 2.48. The maximum Gasteiger partial charge on any atom is 0.306 e. The molecular formula is C20H30O4. The van der Waals surface area contributed by atoms with Crippen molar-refractivity contribution in [2.24, 2.45) is 0 Å². The van der Waals surface area contributed by atoms with Gasteiger partial charge in [0.05, 0.1) is 19.6 Å². The first-order chi connectivity index (χ1) is 11.4. The summed E-state index contributed by atoms with van der Waals surface area (Å²) in [4.78, 5) is 24.2. The van der Waals surface area contributed by atoms with Crippen LogP contribution < -0.4 is 4.74 Å². The Kier molecular flexibility index (Phi) is 8.51. The number of carbonyl (C=O) groups is 2. The zero-order valence-electron chi connectivity index (χ0n) is 15.6. The molecule has 0 aliphatic carbocycles. The van der Waals surface area contributed by atoms with Crippen molar-refractivity contribution in [3.05, 3.63) is 28.8 Å². The number of benzene rings is 1. The van der Waals surface area contributed by atoms with Gasteiger partial charge in [0.2, 0.25) is 0 Å². The van der Waals surface area contributed by atoms with Crippen molar-refractivity contribution >= 4 is 11.8 Å². The first-order valence-electron chi connectivity index (χ1n) is 8.86. The van der Waals surface area contributed by atoms with Gasteiger partial charge in [0, 0.05) is 12.0 Å². The summed E-state index contributed by atoms with van der Waals surface area (Å²) in [6.45, 7) is 11.1. The van der Waals surface area contributed by atoms with Gasteiger partial charge in [-0.05, 0) is 49.4 Å². The summed E-state index contributed by atoms with van der Waals surface area (Å²) in [5, 5.41) is 0. The van der Waals surface area contributed by atoms with E-state index in [1.165, 1.54) is 0 Å². The number of hydrogen-bond donors (Lipinski definition) is 0. The van der Waals surface area contributed by atoms with E-state index in [1.54, 1.807) is 0 Å². The molecule has 1 rings (SSSR count). The van der Waals surface area contributed by atoms with Gasteiger partial charge in [0.25, 0.3) is 0 Å². The molecule has 24 heavy (non-hydrogen) atoms. The highest BCUT2D eigenvalue weighted by molar-refractivity contribution is 5.99. The summed E-state index contributed by atoms with van der Waals surface area (Å²) in [6, 6.07) is 3.83. The summed E-state index contributed by atoms with van der Waals surface area (Å²) in [6.07, 6.45) is 2.15. The first kappa shape index (κ1) is 20.2. The average Bonchev–Trinajstić information content (AvgIpc) is 2.53. The second-order valence-electron chi connectivity index (χ2n) is 6.29. The van der Waals surface area contributed by atoms with Crippen molar-refractivity contribution < 1.29 is 19.1 Å². The second kappa shape index (κ2) is 10.1. The van der Waals surface area contributed by atoms with Gasteiger partial charge in [0.15, 0.2) is 5.78 Å². The molecule has 0 fully saturated rings. The lowest BCUT2D eigenvalue weighted by molar-refractivity contribution is -0.143. The smallest absolute Gasteiger partial charge is 0.306 e. The van der Waals surface area contributed by atoms with E-state index in [4.69, 9.17) is 9.47 Å². The average molecular weight is 334 g/mol. The fourth-order valence-electron chi connectivity index (χ4n) is 2.48. The van der Waals surface area contributed by atoms with Crippen molar-refractivity contribution in [3.63, 3.8) is 0 Å². The van der Waals surface area contributed by atoms with Gasteiger partial charge in [-0.15, -0.1) is 0 Å². The molecule has 0 bridgehead atoms. The minimum Gasteiger partial charge on any atom is -0.494 e. The van der Waals surface area contributed by atoms with E-state index in [-0.39, 0.29) is 30.5 Å². The molecule has 0 unspecified atom stereocenters. The topological polar surface area (TPSA) is 52.6 Å². The molecular weight excluding hydrogens is 304 g/mol. The summed E-state index contributed by atoms with van der Waals surface area (Å²) in [5.74, 6) is 0.771. The first-order valence-corrected chi connectivity index (χ1v) is 8.86. The molecule has 0 aromatic heterocycles. The molecule has 0 heterocycles. The van der Waals surface area contributed by atoms with E-state index < -0.39 is 0 Å². The van der Waals surface area contributed by atoms with Crippen LogP contribution in [0.25, 0.3) is 0 Å². The quantitative estimate of drug-likeness (QED) is 0.349. The van der Waals surface area contributed by atoms with Crippen molar-refractivity contribution in [1.82, 2.24) is 0 Å². The Balaban J connectivity index is 2.79. The molecule has 0 saturated carbocycles. The van der Waals surface area contributed by atoms with Crippen LogP contribution in [0.2, 0.25) is 0 Å². The van der Waals surface area contributed by atoms with E-state index in [1.807, 2.05) is 32.9 Å². The lowest BCUT2D eigenvalue weighted by Gasteiger charge is -2.16. The molecule has 0 N–H and O–H groups in total. The van der Waals surface area contributed by atoms with E-state index >= 15 is 0 Å². The van der Waals surface area contributed by atoms with Gasteiger partial charge < -0.3 is 9.47 Å². The van der Waals surface area contributed by atoms with Crippen LogP contribution in [0.4, 0.5) is 0 Å². The Hall–Kier alpha value is -1.84. The highest BCUT2D eigenvalue weighted by Gasteiger charge is 2.17. The Morgan fingerprint density at radius 1 is 1.12 bits per heavy atom. The zero-order valence-corrected chi connectivity index (χ0v) is 15.6. The van der Waals surface area contributed by atoms with Crippen LogP contribution in [0.1, 0.15) is 80.8 Å². The van der Waals surface area contributed by atoms with Crippen LogP contribution >= 0.6 is 0 Å². The van der Waals surface area contributed by atoms with Crippen LogP contribution in [-0.4, -0.2) is 25.0 Å². The Morgan fingerprint density at radius 3 is 2.42 bits per heavy atom. The zero-order chi connectivity index (χ0) is 18.1. The maximum atomic E-state index is 12.5. The molecule has 0 saturated heterocycles. The van der Waals surface area contributed by atoms with Crippen molar-refractivity contribution in [1.29, 1.82) is 0 Å². The van der Waals surface area contributed by atoms with Gasteiger partial charge >= 0.3 is 5.97 Å². The molecule has 134 valence electrons. The normalized spacial score (nSPS) is 10.8. The number of unbranched alkanes of at least 4 members (excludes halogenated alkanes) is 1. The highest BCUT2D eigenvalue weighted by Crippen LogP contribution is 2.30. The number of rotatable bonds is 10. The highest BCUT2D eigenvalue weighted by atomic mass is 16.5. The number of esters is 1. The van der Waals surface area contributed by atoms with Crippen LogP contribution in [0.15, 0.2) is 12.1 Å². The SMILES string of the molecule is CCCCOC(=O)CCC(=O)c1cc(C(C)C)c(OCC)cc1C. The van der Waals surface area contributed by atoms with Gasteiger partial charge in [-0.1, -0.05) is 27.2 Å². The predicted octanol–water partition coefficient (Wildman–Crippen LogP) is 4.82. The molecule has 0 radical (unpaired) electrons. The van der Waals surface area contributed by atoms with Crippen molar-refractivity contribution in [2.75, 3.05) is 13.2 Å². The molecule has 1 aromatic rings. The summed E-state index contributed by atoms with van der Waals surface area (Å²) >= 11 is 0. The Bertz CT molecular complexity index is 561. The third-order valence-electron chi connectivity index (χ3n) is 3.90. The minimum atomic E-state index is -0.301. The number of hydrogen-bond acceptors (Lipinski definition) is 4. The van der Waals surface area contributed by atoms with Crippen LogP contribution in [0, 0.1) is 6.92 Å². The molecule has 0 amide bonds. The number of aryl methyl sites for hydroxylation is 1. The van der Waals surface area contributed by atoms with Crippen molar-refractivity contribution in [3.8, 4) is 5.75 Å². The van der Waals surface area contributed by atoms with E-state index in [0.717, 1.165) is 29.7 Å². The standard InChI is InChI=1S/C20H30O4/c1-6-8-11-24-20(22)10-9-18(21)17-13-16(14(3)4)19(23-7-2)12-15(17)5/h12-14H,6-11H2,1-5H3. The van der Waals surface area contributed by atoms with Crippen LogP contribution in [0.5, 0.6) is 5.75 Å². The number of carbonyl (C=O) groups excluding carboxylic acids is 2.